The fraction of sp³-hybridized carbons (Fsp3) is 0.769. The second-order valence-electron chi connectivity index (χ2n) is 4.58. The molecule has 0 aliphatic heterocycles. The largest absolute Gasteiger partial charge is 0.392 e. The molecule has 2 unspecified atom stereocenters. The minimum atomic E-state index is -0.360. The van der Waals surface area contributed by atoms with Gasteiger partial charge in [0.25, 0.3) is 0 Å². The van der Waals surface area contributed by atoms with Crippen LogP contribution in [0.3, 0.4) is 0 Å². The maximum atomic E-state index is 10.2. The van der Waals surface area contributed by atoms with Crippen molar-refractivity contribution >= 4 is 23.4 Å². The van der Waals surface area contributed by atoms with E-state index in [0.29, 0.717) is 6.42 Å². The lowest BCUT2D eigenvalue weighted by molar-refractivity contribution is 0.125. The third-order valence-electron chi connectivity index (χ3n) is 3.18. The third kappa shape index (κ3) is 3.65. The highest BCUT2D eigenvalue weighted by atomic mass is 35.5. The molecule has 104 valence electrons. The van der Waals surface area contributed by atoms with Gasteiger partial charge in [0, 0.05) is 13.0 Å². The summed E-state index contributed by atoms with van der Waals surface area (Å²) in [6, 6.07) is 0. The fourth-order valence-electron chi connectivity index (χ4n) is 1.99. The molecule has 0 saturated heterocycles. The van der Waals surface area contributed by atoms with E-state index in [1.165, 1.54) is 0 Å². The number of hydrogen-bond acceptors (Lipinski definition) is 3. The van der Waals surface area contributed by atoms with Crippen molar-refractivity contribution in [1.82, 2.24) is 9.78 Å². The van der Waals surface area contributed by atoms with Gasteiger partial charge in [-0.15, -0.1) is 0 Å². The zero-order chi connectivity index (χ0) is 13.7. The standard InChI is InChI=1S/C13H23ClN2OS/c1-5-10-13(14)11(16(6-2)15-10)7-12(17)9(3)8-18-4/h9,12,17H,5-8H2,1-4H3. The van der Waals surface area contributed by atoms with Gasteiger partial charge in [-0.25, -0.2) is 0 Å². The Kier molecular flexibility index (Phi) is 6.53. The molecule has 1 heterocycles. The summed E-state index contributed by atoms with van der Waals surface area (Å²) in [5, 5.41) is 15.4. The first-order valence-electron chi connectivity index (χ1n) is 6.46. The number of aromatic nitrogens is 2. The first-order valence-corrected chi connectivity index (χ1v) is 8.23. The zero-order valence-electron chi connectivity index (χ0n) is 11.6. The van der Waals surface area contributed by atoms with Crippen molar-refractivity contribution in [2.45, 2.75) is 46.3 Å². The maximum absolute atomic E-state index is 10.2. The Balaban J connectivity index is 2.85. The molecule has 1 rings (SSSR count). The van der Waals surface area contributed by atoms with E-state index in [1.54, 1.807) is 11.8 Å². The van der Waals surface area contributed by atoms with Gasteiger partial charge < -0.3 is 5.11 Å². The van der Waals surface area contributed by atoms with Gasteiger partial charge in [0.05, 0.1) is 22.5 Å². The van der Waals surface area contributed by atoms with Gasteiger partial charge in [-0.3, -0.25) is 4.68 Å². The molecule has 0 radical (unpaired) electrons. The summed E-state index contributed by atoms with van der Waals surface area (Å²) in [5.41, 5.74) is 1.90. The summed E-state index contributed by atoms with van der Waals surface area (Å²) in [6.07, 6.45) is 3.11. The zero-order valence-corrected chi connectivity index (χ0v) is 13.2. The van der Waals surface area contributed by atoms with Crippen molar-refractivity contribution in [1.29, 1.82) is 0 Å². The van der Waals surface area contributed by atoms with E-state index in [-0.39, 0.29) is 12.0 Å². The first-order chi connectivity index (χ1) is 8.54. The number of aliphatic hydroxyl groups excluding tert-OH is 1. The Morgan fingerprint density at radius 3 is 2.61 bits per heavy atom. The number of halogens is 1. The van der Waals surface area contributed by atoms with Crippen molar-refractivity contribution in [3.05, 3.63) is 16.4 Å². The predicted molar refractivity (Wildman–Crippen MR) is 79.5 cm³/mol. The molecule has 0 amide bonds. The predicted octanol–water partition coefficient (Wildman–Crippen LogP) is 3.02. The normalized spacial score (nSPS) is 14.8. The van der Waals surface area contributed by atoms with Crippen LogP contribution in [0.5, 0.6) is 0 Å². The van der Waals surface area contributed by atoms with Crippen molar-refractivity contribution in [3.8, 4) is 0 Å². The van der Waals surface area contributed by atoms with Gasteiger partial charge in [-0.05, 0) is 31.3 Å². The van der Waals surface area contributed by atoms with E-state index in [2.05, 4.69) is 18.3 Å². The van der Waals surface area contributed by atoms with Crippen molar-refractivity contribution in [2.75, 3.05) is 12.0 Å². The fourth-order valence-corrected chi connectivity index (χ4v) is 3.08. The monoisotopic (exact) mass is 290 g/mol. The number of aliphatic hydroxyl groups is 1. The summed E-state index contributed by atoms with van der Waals surface area (Å²) in [5.74, 6) is 1.22. The summed E-state index contributed by atoms with van der Waals surface area (Å²) in [7, 11) is 0. The van der Waals surface area contributed by atoms with Gasteiger partial charge in [0.1, 0.15) is 0 Å². The van der Waals surface area contributed by atoms with E-state index in [9.17, 15) is 5.11 Å². The molecule has 0 saturated carbocycles. The Bertz CT molecular complexity index is 381. The molecule has 1 N–H and O–H groups in total. The third-order valence-corrected chi connectivity index (χ3v) is 4.48. The van der Waals surface area contributed by atoms with Crippen molar-refractivity contribution < 1.29 is 5.11 Å². The van der Waals surface area contributed by atoms with Crippen LogP contribution in [-0.4, -0.2) is 33.0 Å². The minimum Gasteiger partial charge on any atom is -0.392 e. The molecule has 3 nitrogen and oxygen atoms in total. The second-order valence-corrected chi connectivity index (χ2v) is 5.87. The molecule has 0 aliphatic carbocycles. The molecule has 18 heavy (non-hydrogen) atoms. The van der Waals surface area contributed by atoms with Gasteiger partial charge in [0.15, 0.2) is 0 Å². The number of nitrogens with zero attached hydrogens (tertiary/aromatic N) is 2. The maximum Gasteiger partial charge on any atom is 0.0850 e. The lowest BCUT2D eigenvalue weighted by Gasteiger charge is -2.18. The van der Waals surface area contributed by atoms with Gasteiger partial charge in [0.2, 0.25) is 0 Å². The number of thioether (sulfide) groups is 1. The Hall–Kier alpha value is -0.190. The lowest BCUT2D eigenvalue weighted by atomic mass is 10.0. The molecule has 1 aromatic rings. The van der Waals surface area contributed by atoms with Crippen LogP contribution in [0, 0.1) is 5.92 Å². The molecule has 5 heteroatoms. The summed E-state index contributed by atoms with van der Waals surface area (Å²) < 4.78 is 1.91. The van der Waals surface area contributed by atoms with Crippen LogP contribution in [0.4, 0.5) is 0 Å². The van der Waals surface area contributed by atoms with Crippen LogP contribution in [0.25, 0.3) is 0 Å². The highest BCUT2D eigenvalue weighted by molar-refractivity contribution is 7.98. The molecule has 0 spiro atoms. The summed E-state index contributed by atoms with van der Waals surface area (Å²) >= 11 is 8.09. The topological polar surface area (TPSA) is 38.0 Å². The lowest BCUT2D eigenvalue weighted by Crippen LogP contribution is -2.24. The Morgan fingerprint density at radius 2 is 2.11 bits per heavy atom. The van der Waals surface area contributed by atoms with Crippen LogP contribution >= 0.6 is 23.4 Å². The SMILES string of the molecule is CCc1nn(CC)c(CC(O)C(C)CSC)c1Cl. The van der Waals surface area contributed by atoms with E-state index in [1.807, 2.05) is 18.5 Å². The van der Waals surface area contributed by atoms with Crippen LogP contribution < -0.4 is 0 Å². The van der Waals surface area contributed by atoms with Gasteiger partial charge in [-0.1, -0.05) is 25.4 Å². The molecular weight excluding hydrogens is 268 g/mol. The van der Waals surface area contributed by atoms with Gasteiger partial charge in [-0.2, -0.15) is 16.9 Å². The quantitative estimate of drug-likeness (QED) is 0.839. The van der Waals surface area contributed by atoms with Crippen LogP contribution in [0.1, 0.15) is 32.2 Å². The van der Waals surface area contributed by atoms with Gasteiger partial charge >= 0.3 is 0 Å². The number of aryl methyl sites for hydroxylation is 2. The molecule has 0 fully saturated rings. The van der Waals surface area contributed by atoms with Crippen molar-refractivity contribution in [3.63, 3.8) is 0 Å². The molecule has 2 atom stereocenters. The number of hydrogen-bond donors (Lipinski definition) is 1. The van der Waals surface area contributed by atoms with E-state index in [4.69, 9.17) is 11.6 Å². The van der Waals surface area contributed by atoms with Crippen molar-refractivity contribution in [2.24, 2.45) is 5.92 Å². The molecule has 0 aromatic carbocycles. The Morgan fingerprint density at radius 1 is 1.44 bits per heavy atom. The highest BCUT2D eigenvalue weighted by Gasteiger charge is 2.21. The van der Waals surface area contributed by atoms with Crippen LogP contribution in [0.2, 0.25) is 5.02 Å². The summed E-state index contributed by atoms with van der Waals surface area (Å²) in [4.78, 5) is 0. The second kappa shape index (κ2) is 7.41. The van der Waals surface area contributed by atoms with E-state index < -0.39 is 0 Å². The van der Waals surface area contributed by atoms with E-state index >= 15 is 0 Å². The molecular formula is C13H23ClN2OS. The molecule has 0 aliphatic rings. The van der Waals surface area contributed by atoms with Crippen LogP contribution in [-0.2, 0) is 19.4 Å². The highest BCUT2D eigenvalue weighted by Crippen LogP contribution is 2.24. The smallest absolute Gasteiger partial charge is 0.0850 e. The minimum absolute atomic E-state index is 0.265. The summed E-state index contributed by atoms with van der Waals surface area (Å²) in [6.45, 7) is 6.95. The average molecular weight is 291 g/mol. The molecule has 0 bridgehead atoms. The Labute approximate surface area is 119 Å². The van der Waals surface area contributed by atoms with Crippen LogP contribution in [0.15, 0.2) is 0 Å². The van der Waals surface area contributed by atoms with E-state index in [0.717, 1.165) is 35.1 Å². The number of rotatable bonds is 7. The average Bonchev–Trinajstić information content (AvgIpc) is 2.66. The first kappa shape index (κ1) is 15.9. The molecule has 1 aromatic heterocycles.